The number of ether oxygens (including phenoxy) is 1. The zero-order valence-corrected chi connectivity index (χ0v) is 12.8. The molecule has 0 N–H and O–H groups in total. The van der Waals surface area contributed by atoms with Crippen molar-refractivity contribution >= 4 is 5.91 Å². The Bertz CT molecular complexity index is 500. The van der Waals surface area contributed by atoms with E-state index in [-0.39, 0.29) is 11.4 Å². The van der Waals surface area contributed by atoms with Crippen LogP contribution in [0.15, 0.2) is 24.4 Å². The Morgan fingerprint density at radius 2 is 2.29 bits per heavy atom. The summed E-state index contributed by atoms with van der Waals surface area (Å²) in [5.74, 6) is 0.733. The fourth-order valence-electron chi connectivity index (χ4n) is 3.52. The minimum absolute atomic E-state index is 0.184. The minimum atomic E-state index is 0.184. The molecule has 2 fully saturated rings. The van der Waals surface area contributed by atoms with Crippen LogP contribution >= 0.6 is 0 Å². The molecular weight excluding hydrogens is 266 g/mol. The molecule has 5 nitrogen and oxygen atoms in total. The Kier molecular flexibility index (Phi) is 3.95. The van der Waals surface area contributed by atoms with Gasteiger partial charge in [0, 0.05) is 32.8 Å². The molecule has 2 aliphatic heterocycles. The van der Waals surface area contributed by atoms with Gasteiger partial charge in [-0.15, -0.1) is 0 Å². The van der Waals surface area contributed by atoms with Gasteiger partial charge in [0.2, 0.25) is 5.91 Å². The molecule has 21 heavy (non-hydrogen) atoms. The summed E-state index contributed by atoms with van der Waals surface area (Å²) in [4.78, 5) is 20.0. The number of carbonyl (C=O) groups is 1. The number of hydrogen-bond acceptors (Lipinski definition) is 4. The van der Waals surface area contributed by atoms with Crippen molar-refractivity contribution in [1.29, 1.82) is 0 Å². The Balaban J connectivity index is 1.45. The van der Waals surface area contributed by atoms with Crippen molar-refractivity contribution < 1.29 is 9.53 Å². The first kappa shape index (κ1) is 14.5. The van der Waals surface area contributed by atoms with Crippen LogP contribution in [0.3, 0.4) is 0 Å². The fourth-order valence-corrected chi connectivity index (χ4v) is 3.52. The highest BCUT2D eigenvalue weighted by molar-refractivity contribution is 5.74. The Hall–Kier alpha value is -1.46. The van der Waals surface area contributed by atoms with Gasteiger partial charge in [-0.1, -0.05) is 6.07 Å². The largest absolute Gasteiger partial charge is 0.375 e. The first-order valence-electron chi connectivity index (χ1n) is 7.53. The van der Waals surface area contributed by atoms with E-state index >= 15 is 0 Å². The quantitative estimate of drug-likeness (QED) is 0.834. The number of pyridine rings is 1. The summed E-state index contributed by atoms with van der Waals surface area (Å²) < 4.78 is 5.82. The van der Waals surface area contributed by atoms with Crippen molar-refractivity contribution in [3.05, 3.63) is 30.1 Å². The fraction of sp³-hybridized carbons (Fsp3) is 0.625. The zero-order valence-electron chi connectivity index (χ0n) is 12.8. The lowest BCUT2D eigenvalue weighted by molar-refractivity contribution is -0.141. The number of carbonyl (C=O) groups excluding carboxylic acids is 1. The predicted molar refractivity (Wildman–Crippen MR) is 79.6 cm³/mol. The van der Waals surface area contributed by atoms with E-state index in [1.165, 1.54) is 0 Å². The first-order chi connectivity index (χ1) is 10.1. The molecule has 0 unspecified atom stereocenters. The molecule has 1 amide bonds. The number of nitrogens with zero attached hydrogens (tertiary/aromatic N) is 3. The summed E-state index contributed by atoms with van der Waals surface area (Å²) in [5, 5.41) is 0. The maximum absolute atomic E-state index is 11.4. The monoisotopic (exact) mass is 289 g/mol. The van der Waals surface area contributed by atoms with Crippen molar-refractivity contribution in [3.8, 4) is 0 Å². The normalized spacial score (nSPS) is 24.3. The second kappa shape index (κ2) is 5.73. The lowest BCUT2D eigenvalue weighted by Crippen LogP contribution is -2.67. The Labute approximate surface area is 125 Å². The number of aromatic nitrogens is 1. The van der Waals surface area contributed by atoms with Gasteiger partial charge in [0.15, 0.2) is 0 Å². The van der Waals surface area contributed by atoms with Crippen molar-refractivity contribution in [1.82, 2.24) is 14.8 Å². The molecule has 1 atom stereocenters. The van der Waals surface area contributed by atoms with E-state index in [9.17, 15) is 4.79 Å². The standard InChI is InChI=1S/C16H23N3O2/c1-13(20)19-11-16(12-19)7-14(8-18(16)2)9-21-10-15-5-3-4-6-17-15/h3-6,14H,7-12H2,1-2H3/t14-/m1/s1. The van der Waals surface area contributed by atoms with Gasteiger partial charge in [-0.05, 0) is 31.5 Å². The Morgan fingerprint density at radius 3 is 2.95 bits per heavy atom. The van der Waals surface area contributed by atoms with Gasteiger partial charge in [-0.25, -0.2) is 0 Å². The zero-order chi connectivity index (χ0) is 14.9. The summed E-state index contributed by atoms with van der Waals surface area (Å²) in [7, 11) is 2.16. The third-order valence-corrected chi connectivity index (χ3v) is 4.76. The number of likely N-dealkylation sites (tertiary alicyclic amines) is 2. The summed E-state index contributed by atoms with van der Waals surface area (Å²) in [6.45, 7) is 5.78. The molecule has 114 valence electrons. The van der Waals surface area contributed by atoms with Crippen molar-refractivity contribution in [3.63, 3.8) is 0 Å². The third kappa shape index (κ3) is 2.94. The number of amides is 1. The SMILES string of the molecule is CC(=O)N1CC2(C[C@@H](COCc3ccccn3)CN2C)C1. The lowest BCUT2D eigenvalue weighted by Gasteiger charge is -2.51. The van der Waals surface area contributed by atoms with Gasteiger partial charge in [0.25, 0.3) is 0 Å². The topological polar surface area (TPSA) is 45.7 Å². The Morgan fingerprint density at radius 1 is 1.48 bits per heavy atom. The molecule has 1 aromatic heterocycles. The van der Waals surface area contributed by atoms with Gasteiger partial charge >= 0.3 is 0 Å². The number of hydrogen-bond donors (Lipinski definition) is 0. The van der Waals surface area contributed by atoms with Crippen molar-refractivity contribution in [2.45, 2.75) is 25.5 Å². The molecule has 2 saturated heterocycles. The van der Waals surface area contributed by atoms with Gasteiger partial charge in [-0.3, -0.25) is 14.7 Å². The van der Waals surface area contributed by atoms with E-state index in [1.807, 2.05) is 23.1 Å². The van der Waals surface area contributed by atoms with Gasteiger partial charge in [0.05, 0.1) is 24.4 Å². The van der Waals surface area contributed by atoms with Crippen LogP contribution in [0.4, 0.5) is 0 Å². The highest BCUT2D eigenvalue weighted by Gasteiger charge is 2.52. The lowest BCUT2D eigenvalue weighted by atomic mass is 9.84. The number of rotatable bonds is 4. The average molecular weight is 289 g/mol. The van der Waals surface area contributed by atoms with Crippen LogP contribution in [0.1, 0.15) is 19.0 Å². The van der Waals surface area contributed by atoms with Gasteiger partial charge in [0.1, 0.15) is 0 Å². The number of likely N-dealkylation sites (N-methyl/N-ethyl adjacent to an activating group) is 1. The smallest absolute Gasteiger partial charge is 0.219 e. The molecule has 0 radical (unpaired) electrons. The molecule has 3 heterocycles. The van der Waals surface area contributed by atoms with Crippen LogP contribution in [-0.2, 0) is 16.1 Å². The molecule has 0 aromatic carbocycles. The van der Waals surface area contributed by atoms with Crippen LogP contribution in [0.25, 0.3) is 0 Å². The summed E-state index contributed by atoms with van der Waals surface area (Å²) in [6, 6.07) is 5.88. The average Bonchev–Trinajstić information content (AvgIpc) is 2.75. The van der Waals surface area contributed by atoms with Gasteiger partial charge < -0.3 is 9.64 Å². The minimum Gasteiger partial charge on any atom is -0.375 e. The van der Waals surface area contributed by atoms with Gasteiger partial charge in [-0.2, -0.15) is 0 Å². The van der Waals surface area contributed by atoms with E-state index in [1.54, 1.807) is 13.1 Å². The van der Waals surface area contributed by atoms with E-state index in [4.69, 9.17) is 4.74 Å². The van der Waals surface area contributed by atoms with E-state index in [0.29, 0.717) is 12.5 Å². The maximum Gasteiger partial charge on any atom is 0.219 e. The first-order valence-corrected chi connectivity index (χ1v) is 7.53. The van der Waals surface area contributed by atoms with E-state index < -0.39 is 0 Å². The molecule has 1 aromatic rings. The highest BCUT2D eigenvalue weighted by Crippen LogP contribution is 2.39. The molecule has 1 spiro atoms. The van der Waals surface area contributed by atoms with Crippen molar-refractivity contribution in [2.75, 3.05) is 33.3 Å². The highest BCUT2D eigenvalue weighted by atomic mass is 16.5. The van der Waals surface area contributed by atoms with Crippen LogP contribution in [-0.4, -0.2) is 59.5 Å². The molecule has 2 aliphatic rings. The van der Waals surface area contributed by atoms with Crippen LogP contribution in [0.5, 0.6) is 0 Å². The molecule has 3 rings (SSSR count). The maximum atomic E-state index is 11.4. The molecule has 0 saturated carbocycles. The summed E-state index contributed by atoms with van der Waals surface area (Å²) in [5.41, 5.74) is 1.18. The molecule has 0 aliphatic carbocycles. The van der Waals surface area contributed by atoms with Crippen molar-refractivity contribution in [2.24, 2.45) is 5.92 Å². The second-order valence-electron chi connectivity index (χ2n) is 6.39. The third-order valence-electron chi connectivity index (χ3n) is 4.76. The second-order valence-corrected chi connectivity index (χ2v) is 6.39. The molecule has 5 heteroatoms. The van der Waals surface area contributed by atoms with Crippen LogP contribution < -0.4 is 0 Å². The van der Waals surface area contributed by atoms with E-state index in [2.05, 4.69) is 16.9 Å². The molecule has 0 bridgehead atoms. The predicted octanol–water partition coefficient (Wildman–Crippen LogP) is 1.15. The van der Waals surface area contributed by atoms with Crippen LogP contribution in [0, 0.1) is 5.92 Å². The summed E-state index contributed by atoms with van der Waals surface area (Å²) in [6.07, 6.45) is 2.91. The summed E-state index contributed by atoms with van der Waals surface area (Å²) >= 11 is 0. The van der Waals surface area contributed by atoms with Crippen LogP contribution in [0.2, 0.25) is 0 Å². The molecular formula is C16H23N3O2. The van der Waals surface area contributed by atoms with E-state index in [0.717, 1.165) is 38.4 Å².